The third-order valence-electron chi connectivity index (χ3n) is 4.20. The molecule has 0 saturated heterocycles. The van der Waals surface area contributed by atoms with Crippen molar-refractivity contribution >= 4 is 46.1 Å². The topological polar surface area (TPSA) is 60.7 Å². The first-order chi connectivity index (χ1) is 13.6. The number of ether oxygens (including phenoxy) is 1. The molecule has 0 spiro atoms. The molecule has 28 heavy (non-hydrogen) atoms. The van der Waals surface area contributed by atoms with Crippen LogP contribution in [0.5, 0.6) is 0 Å². The monoisotopic (exact) mass is 428 g/mol. The second kappa shape index (κ2) is 7.83. The molecule has 4 rings (SSSR count). The molecule has 0 amide bonds. The largest absolute Gasteiger partial charge is 0.458 e. The number of carbonyl (C=O) groups excluding carboxylic acids is 1. The third-order valence-corrected chi connectivity index (χ3v) is 6.93. The van der Waals surface area contributed by atoms with Gasteiger partial charge in [-0.1, -0.05) is 36.1 Å². The lowest BCUT2D eigenvalue weighted by atomic mass is 10.0. The van der Waals surface area contributed by atoms with Crippen molar-refractivity contribution in [2.45, 2.75) is 13.0 Å². The summed E-state index contributed by atoms with van der Waals surface area (Å²) in [6.07, 6.45) is 3.39. The summed E-state index contributed by atoms with van der Waals surface area (Å²) in [6.45, 7) is 5.47. The van der Waals surface area contributed by atoms with Gasteiger partial charge in [0.25, 0.3) is 5.56 Å². The molecule has 4 heterocycles. The van der Waals surface area contributed by atoms with E-state index in [1.165, 1.54) is 28.7 Å². The van der Waals surface area contributed by atoms with E-state index in [-0.39, 0.29) is 12.2 Å². The number of thiophene rings is 2. The van der Waals surface area contributed by atoms with Crippen molar-refractivity contribution in [3.05, 3.63) is 88.4 Å². The van der Waals surface area contributed by atoms with Crippen molar-refractivity contribution in [1.29, 1.82) is 0 Å². The zero-order valence-corrected chi connectivity index (χ0v) is 17.4. The van der Waals surface area contributed by atoms with Gasteiger partial charge in [-0.15, -0.1) is 22.7 Å². The fraction of sp³-hybridized carbons (Fsp3) is 0.150. The van der Waals surface area contributed by atoms with E-state index in [0.717, 1.165) is 9.75 Å². The molecule has 0 fully saturated rings. The molecule has 1 aliphatic rings. The number of hydrogen-bond acceptors (Lipinski definition) is 7. The molecule has 0 unspecified atom stereocenters. The predicted octanol–water partition coefficient (Wildman–Crippen LogP) is 3.09. The third kappa shape index (κ3) is 3.34. The van der Waals surface area contributed by atoms with Crippen LogP contribution >= 0.6 is 34.0 Å². The second-order valence-electron chi connectivity index (χ2n) is 6.00. The predicted molar refractivity (Wildman–Crippen MR) is 114 cm³/mol. The van der Waals surface area contributed by atoms with Gasteiger partial charge in [0.15, 0.2) is 4.80 Å². The van der Waals surface area contributed by atoms with Crippen molar-refractivity contribution in [2.24, 2.45) is 4.99 Å². The van der Waals surface area contributed by atoms with E-state index in [1.807, 2.05) is 41.1 Å². The first-order valence-corrected chi connectivity index (χ1v) is 11.0. The maximum atomic E-state index is 13.2. The van der Waals surface area contributed by atoms with Crippen LogP contribution in [0.2, 0.25) is 0 Å². The zero-order valence-electron chi connectivity index (χ0n) is 15.0. The lowest BCUT2D eigenvalue weighted by molar-refractivity contribution is -0.138. The molecule has 8 heteroatoms. The number of thiazole rings is 1. The Kier molecular flexibility index (Phi) is 5.25. The lowest BCUT2D eigenvalue weighted by Crippen LogP contribution is -2.39. The molecule has 3 aromatic heterocycles. The van der Waals surface area contributed by atoms with Gasteiger partial charge in [-0.3, -0.25) is 9.36 Å². The molecule has 5 nitrogen and oxygen atoms in total. The standard InChI is InChI=1S/C20H16N2O3S3/c1-3-8-25-19(24)16-12(2)21-20-22(17(16)14-7-5-10-27-14)18(23)15(28-20)11-13-6-4-9-26-13/h3-7,9-11,17H,1,8H2,2H3/b15-11-/t17-/m1/s1. The molecule has 3 aromatic rings. The van der Waals surface area contributed by atoms with E-state index in [2.05, 4.69) is 11.6 Å². The van der Waals surface area contributed by atoms with Crippen molar-refractivity contribution in [3.8, 4) is 0 Å². The highest BCUT2D eigenvalue weighted by Gasteiger charge is 2.33. The van der Waals surface area contributed by atoms with Gasteiger partial charge in [0.05, 0.1) is 15.8 Å². The number of allylic oxidation sites excluding steroid dienone is 1. The Morgan fingerprint density at radius 1 is 1.32 bits per heavy atom. The number of aromatic nitrogens is 1. The SMILES string of the molecule is C=CCOC(=O)C1=C(C)N=c2s/c(=C\c3cccs3)c(=O)n2[C@@H]1c1cccs1. The first-order valence-electron chi connectivity index (χ1n) is 8.47. The summed E-state index contributed by atoms with van der Waals surface area (Å²) in [5, 5.41) is 3.90. The number of fused-ring (bicyclic) bond motifs is 1. The molecular formula is C20H16N2O3S3. The number of hydrogen-bond donors (Lipinski definition) is 0. The maximum Gasteiger partial charge on any atom is 0.338 e. The average Bonchev–Trinajstić information content (AvgIpc) is 3.42. The second-order valence-corrected chi connectivity index (χ2v) is 8.97. The first kappa shape index (κ1) is 18.8. The van der Waals surface area contributed by atoms with Crippen LogP contribution in [0, 0.1) is 0 Å². The number of rotatable bonds is 5. The highest BCUT2D eigenvalue weighted by Crippen LogP contribution is 2.33. The van der Waals surface area contributed by atoms with Gasteiger partial charge in [-0.2, -0.15) is 0 Å². The quantitative estimate of drug-likeness (QED) is 0.464. The van der Waals surface area contributed by atoms with Crippen LogP contribution < -0.4 is 14.9 Å². The number of carbonyl (C=O) groups is 1. The highest BCUT2D eigenvalue weighted by atomic mass is 32.1. The van der Waals surface area contributed by atoms with Gasteiger partial charge < -0.3 is 4.74 Å². The Hall–Kier alpha value is -2.55. The fourth-order valence-corrected chi connectivity index (χ4v) is 5.61. The fourth-order valence-electron chi connectivity index (χ4n) is 3.01. The molecule has 0 aliphatic carbocycles. The van der Waals surface area contributed by atoms with E-state index in [1.54, 1.807) is 22.8 Å². The summed E-state index contributed by atoms with van der Waals surface area (Å²) in [4.78, 5) is 33.0. The summed E-state index contributed by atoms with van der Waals surface area (Å²) in [6, 6.07) is 7.19. The minimum absolute atomic E-state index is 0.107. The molecular weight excluding hydrogens is 412 g/mol. The van der Waals surface area contributed by atoms with E-state index >= 15 is 0 Å². The summed E-state index contributed by atoms with van der Waals surface area (Å²) in [7, 11) is 0. The number of nitrogens with zero attached hydrogens (tertiary/aromatic N) is 2. The molecule has 1 aliphatic heterocycles. The van der Waals surface area contributed by atoms with Crippen molar-refractivity contribution < 1.29 is 9.53 Å². The Labute approximate surface area is 172 Å². The van der Waals surface area contributed by atoms with Crippen LogP contribution in [0.15, 0.2) is 68.7 Å². The molecule has 0 radical (unpaired) electrons. The molecule has 1 atom stereocenters. The molecule has 142 valence electrons. The van der Waals surface area contributed by atoms with Crippen molar-refractivity contribution in [2.75, 3.05) is 6.61 Å². The van der Waals surface area contributed by atoms with Crippen LogP contribution in [0.3, 0.4) is 0 Å². The van der Waals surface area contributed by atoms with E-state index in [0.29, 0.717) is 20.6 Å². The number of esters is 1. The highest BCUT2D eigenvalue weighted by molar-refractivity contribution is 7.11. The molecule has 0 aromatic carbocycles. The van der Waals surface area contributed by atoms with Gasteiger partial charge in [0, 0.05) is 9.75 Å². The summed E-state index contributed by atoms with van der Waals surface area (Å²) in [5.74, 6) is -0.480. The minimum Gasteiger partial charge on any atom is -0.458 e. The van der Waals surface area contributed by atoms with Gasteiger partial charge in [-0.05, 0) is 35.9 Å². The summed E-state index contributed by atoms with van der Waals surface area (Å²) < 4.78 is 7.49. The van der Waals surface area contributed by atoms with E-state index in [4.69, 9.17) is 4.74 Å². The Balaban J connectivity index is 1.92. The molecule has 0 bridgehead atoms. The summed E-state index contributed by atoms with van der Waals surface area (Å²) in [5.41, 5.74) is 0.799. The van der Waals surface area contributed by atoms with Gasteiger partial charge in [0.1, 0.15) is 12.6 Å². The van der Waals surface area contributed by atoms with Gasteiger partial charge in [-0.25, -0.2) is 9.79 Å². The Morgan fingerprint density at radius 3 is 2.79 bits per heavy atom. The van der Waals surface area contributed by atoms with Gasteiger partial charge in [0.2, 0.25) is 0 Å². The molecule has 0 saturated carbocycles. The smallest absolute Gasteiger partial charge is 0.338 e. The van der Waals surface area contributed by atoms with E-state index in [9.17, 15) is 9.59 Å². The van der Waals surface area contributed by atoms with Crippen molar-refractivity contribution in [3.63, 3.8) is 0 Å². The Bertz CT molecular complexity index is 1230. The van der Waals surface area contributed by atoms with Crippen molar-refractivity contribution in [1.82, 2.24) is 4.57 Å². The zero-order chi connectivity index (χ0) is 19.7. The van der Waals surface area contributed by atoms with Crippen LogP contribution in [-0.4, -0.2) is 17.1 Å². The Morgan fingerprint density at radius 2 is 2.11 bits per heavy atom. The van der Waals surface area contributed by atoms with Crippen LogP contribution in [-0.2, 0) is 9.53 Å². The maximum absolute atomic E-state index is 13.2. The van der Waals surface area contributed by atoms with Crippen LogP contribution in [0.25, 0.3) is 6.08 Å². The van der Waals surface area contributed by atoms with E-state index < -0.39 is 12.0 Å². The minimum atomic E-state index is -0.543. The lowest BCUT2D eigenvalue weighted by Gasteiger charge is -2.23. The normalized spacial score (nSPS) is 16.6. The summed E-state index contributed by atoms with van der Waals surface area (Å²) >= 11 is 4.40. The van der Waals surface area contributed by atoms with Gasteiger partial charge >= 0.3 is 5.97 Å². The molecule has 0 N–H and O–H groups in total. The average molecular weight is 429 g/mol. The van der Waals surface area contributed by atoms with Crippen LogP contribution in [0.1, 0.15) is 22.7 Å². The van der Waals surface area contributed by atoms with Crippen LogP contribution in [0.4, 0.5) is 0 Å².